The highest BCUT2D eigenvalue weighted by Gasteiger charge is 2.27. The maximum atomic E-state index is 12.7. The third-order valence-corrected chi connectivity index (χ3v) is 8.47. The molecule has 1 aliphatic heterocycles. The summed E-state index contributed by atoms with van der Waals surface area (Å²) in [6.45, 7) is 1.95. The smallest absolute Gasteiger partial charge is 0.237 e. The molecule has 1 atom stereocenters. The molecule has 0 aromatic heterocycles. The van der Waals surface area contributed by atoms with E-state index in [1.54, 1.807) is 12.1 Å². The van der Waals surface area contributed by atoms with Gasteiger partial charge < -0.3 is 10.6 Å². The SMILES string of the molecule is CC[C@@H]1Sc2ccc(S(=O)(=O)CCC(=O)NC3CCCCCC3)cc2NC1=O. The molecule has 2 aliphatic rings. The van der Waals surface area contributed by atoms with Gasteiger partial charge in [-0.15, -0.1) is 11.8 Å². The molecule has 28 heavy (non-hydrogen) atoms. The van der Waals surface area contributed by atoms with Gasteiger partial charge in [-0.2, -0.15) is 0 Å². The lowest BCUT2D eigenvalue weighted by Gasteiger charge is -2.23. The number of sulfone groups is 1. The summed E-state index contributed by atoms with van der Waals surface area (Å²) in [5, 5.41) is 5.63. The number of anilines is 1. The molecular formula is C20H28N2O4S2. The molecule has 0 radical (unpaired) electrons. The Bertz CT molecular complexity index is 831. The van der Waals surface area contributed by atoms with Crippen LogP contribution in [0.1, 0.15) is 58.3 Å². The first kappa shape index (κ1) is 21.2. The molecule has 1 aliphatic carbocycles. The van der Waals surface area contributed by atoms with Crippen LogP contribution < -0.4 is 10.6 Å². The molecule has 1 fully saturated rings. The zero-order chi connectivity index (χ0) is 20.1. The van der Waals surface area contributed by atoms with E-state index in [0.717, 1.165) is 30.6 Å². The van der Waals surface area contributed by atoms with E-state index in [4.69, 9.17) is 0 Å². The Morgan fingerprint density at radius 2 is 1.93 bits per heavy atom. The number of carbonyl (C=O) groups excluding carboxylic acids is 2. The number of thioether (sulfide) groups is 1. The number of benzene rings is 1. The molecule has 8 heteroatoms. The number of hydrogen-bond acceptors (Lipinski definition) is 5. The van der Waals surface area contributed by atoms with Crippen molar-refractivity contribution in [1.29, 1.82) is 0 Å². The van der Waals surface area contributed by atoms with Crippen LogP contribution in [0.25, 0.3) is 0 Å². The molecule has 3 rings (SSSR count). The normalized spacial score (nSPS) is 20.8. The topological polar surface area (TPSA) is 92.3 Å². The Kier molecular flexibility index (Phi) is 7.04. The van der Waals surface area contributed by atoms with Gasteiger partial charge in [0.1, 0.15) is 0 Å². The molecule has 1 heterocycles. The predicted octanol–water partition coefficient (Wildman–Crippen LogP) is 3.51. The summed E-state index contributed by atoms with van der Waals surface area (Å²) >= 11 is 1.45. The van der Waals surface area contributed by atoms with Crippen LogP contribution in [0.5, 0.6) is 0 Å². The molecule has 1 saturated carbocycles. The number of fused-ring (bicyclic) bond motifs is 1. The molecule has 154 valence electrons. The van der Waals surface area contributed by atoms with E-state index in [1.165, 1.54) is 30.7 Å². The quantitative estimate of drug-likeness (QED) is 0.682. The van der Waals surface area contributed by atoms with E-state index in [-0.39, 0.29) is 40.2 Å². The number of nitrogens with one attached hydrogen (secondary N) is 2. The third-order valence-electron chi connectivity index (χ3n) is 5.32. The number of amides is 2. The molecular weight excluding hydrogens is 396 g/mol. The average Bonchev–Trinajstić information content (AvgIpc) is 2.94. The highest BCUT2D eigenvalue weighted by atomic mass is 32.2. The summed E-state index contributed by atoms with van der Waals surface area (Å²) in [4.78, 5) is 25.3. The number of hydrogen-bond donors (Lipinski definition) is 2. The molecule has 6 nitrogen and oxygen atoms in total. The van der Waals surface area contributed by atoms with Crippen LogP contribution in [0.3, 0.4) is 0 Å². The van der Waals surface area contributed by atoms with Crippen molar-refractivity contribution in [1.82, 2.24) is 5.32 Å². The fourth-order valence-electron chi connectivity index (χ4n) is 3.66. The van der Waals surface area contributed by atoms with Gasteiger partial charge in [-0.3, -0.25) is 9.59 Å². The van der Waals surface area contributed by atoms with Crippen LogP contribution in [0.2, 0.25) is 0 Å². The molecule has 2 amide bonds. The van der Waals surface area contributed by atoms with E-state index >= 15 is 0 Å². The maximum absolute atomic E-state index is 12.7. The second-order valence-corrected chi connectivity index (χ2v) is 10.8. The molecule has 1 aromatic rings. The van der Waals surface area contributed by atoms with Gasteiger partial charge in [0, 0.05) is 17.4 Å². The van der Waals surface area contributed by atoms with Gasteiger partial charge in [-0.1, -0.05) is 32.6 Å². The third kappa shape index (κ3) is 5.29. The van der Waals surface area contributed by atoms with Crippen LogP contribution in [0.4, 0.5) is 5.69 Å². The van der Waals surface area contributed by atoms with Crippen molar-refractivity contribution >= 4 is 39.1 Å². The molecule has 2 N–H and O–H groups in total. The van der Waals surface area contributed by atoms with E-state index < -0.39 is 9.84 Å². The molecule has 1 aromatic carbocycles. The van der Waals surface area contributed by atoms with E-state index in [0.29, 0.717) is 12.1 Å². The van der Waals surface area contributed by atoms with Gasteiger partial charge in [0.15, 0.2) is 9.84 Å². The second kappa shape index (κ2) is 9.31. The van der Waals surface area contributed by atoms with Crippen LogP contribution in [-0.2, 0) is 19.4 Å². The second-order valence-electron chi connectivity index (χ2n) is 7.49. The Morgan fingerprint density at radius 1 is 1.21 bits per heavy atom. The van der Waals surface area contributed by atoms with Crippen molar-refractivity contribution in [3.63, 3.8) is 0 Å². The summed E-state index contributed by atoms with van der Waals surface area (Å²) in [5.41, 5.74) is 0.531. The zero-order valence-electron chi connectivity index (χ0n) is 16.2. The van der Waals surface area contributed by atoms with Gasteiger partial charge in [-0.25, -0.2) is 8.42 Å². The molecule has 0 unspecified atom stereocenters. The first-order valence-electron chi connectivity index (χ1n) is 10.0. The van der Waals surface area contributed by atoms with E-state index in [1.807, 2.05) is 6.92 Å². The fraction of sp³-hybridized carbons (Fsp3) is 0.600. The number of rotatable bonds is 6. The van der Waals surface area contributed by atoms with Crippen molar-refractivity contribution in [2.75, 3.05) is 11.1 Å². The van der Waals surface area contributed by atoms with Crippen LogP contribution >= 0.6 is 11.8 Å². The van der Waals surface area contributed by atoms with Crippen molar-refractivity contribution in [3.05, 3.63) is 18.2 Å². The van der Waals surface area contributed by atoms with Gasteiger partial charge >= 0.3 is 0 Å². The highest BCUT2D eigenvalue weighted by Crippen LogP contribution is 2.38. The Morgan fingerprint density at radius 3 is 2.61 bits per heavy atom. The average molecular weight is 425 g/mol. The highest BCUT2D eigenvalue weighted by molar-refractivity contribution is 8.01. The van der Waals surface area contributed by atoms with Crippen LogP contribution in [-0.4, -0.2) is 37.3 Å². The van der Waals surface area contributed by atoms with Crippen molar-refractivity contribution < 1.29 is 18.0 Å². The van der Waals surface area contributed by atoms with Gasteiger partial charge in [0.2, 0.25) is 11.8 Å². The van der Waals surface area contributed by atoms with Crippen molar-refractivity contribution in [2.24, 2.45) is 0 Å². The summed E-state index contributed by atoms with van der Waals surface area (Å²) in [7, 11) is -3.59. The van der Waals surface area contributed by atoms with E-state index in [2.05, 4.69) is 10.6 Å². The van der Waals surface area contributed by atoms with Crippen molar-refractivity contribution in [2.45, 2.75) is 79.4 Å². The number of carbonyl (C=O) groups is 2. The summed E-state index contributed by atoms with van der Waals surface area (Å²) in [6.07, 6.45) is 7.24. The van der Waals surface area contributed by atoms with Crippen LogP contribution in [0, 0.1) is 0 Å². The first-order chi connectivity index (χ1) is 13.4. The molecule has 0 saturated heterocycles. The molecule has 0 spiro atoms. The standard InChI is InChI=1S/C20H28N2O4S2/c1-2-17-20(24)22-16-13-15(9-10-18(16)27-17)28(25,26)12-11-19(23)21-14-7-5-3-4-6-8-14/h9-10,13-14,17H,2-8,11-12H2,1H3,(H,21,23)(H,22,24)/t17-/m0/s1. The van der Waals surface area contributed by atoms with Gasteiger partial charge in [0.05, 0.1) is 21.6 Å². The summed E-state index contributed by atoms with van der Waals surface area (Å²) in [6, 6.07) is 4.97. The maximum Gasteiger partial charge on any atom is 0.237 e. The lowest BCUT2D eigenvalue weighted by molar-refractivity contribution is -0.121. The zero-order valence-corrected chi connectivity index (χ0v) is 17.8. The lowest BCUT2D eigenvalue weighted by Crippen LogP contribution is -2.35. The minimum Gasteiger partial charge on any atom is -0.353 e. The minimum absolute atomic E-state index is 0.0467. The Balaban J connectivity index is 1.61. The van der Waals surface area contributed by atoms with Crippen molar-refractivity contribution in [3.8, 4) is 0 Å². The Labute approximate surface area is 171 Å². The summed E-state index contributed by atoms with van der Waals surface area (Å²) < 4.78 is 25.3. The van der Waals surface area contributed by atoms with Crippen LogP contribution in [0.15, 0.2) is 28.0 Å². The predicted molar refractivity (Wildman–Crippen MR) is 111 cm³/mol. The Hall–Kier alpha value is -1.54. The van der Waals surface area contributed by atoms with E-state index in [9.17, 15) is 18.0 Å². The fourth-order valence-corrected chi connectivity index (χ4v) is 5.95. The minimum atomic E-state index is -3.59. The molecule has 0 bridgehead atoms. The largest absolute Gasteiger partial charge is 0.353 e. The van der Waals surface area contributed by atoms with Gasteiger partial charge in [0.25, 0.3) is 0 Å². The lowest BCUT2D eigenvalue weighted by atomic mass is 10.1. The first-order valence-corrected chi connectivity index (χ1v) is 12.6. The monoisotopic (exact) mass is 424 g/mol. The summed E-state index contributed by atoms with van der Waals surface area (Å²) in [5.74, 6) is -0.538. The van der Waals surface area contributed by atoms with Gasteiger partial charge in [-0.05, 0) is 37.5 Å².